The van der Waals surface area contributed by atoms with Crippen LogP contribution in [0.3, 0.4) is 0 Å². The van der Waals surface area contributed by atoms with E-state index < -0.39 is 0 Å². The third kappa shape index (κ3) is 3.90. The van der Waals surface area contributed by atoms with Gasteiger partial charge in [0.1, 0.15) is 15.5 Å². The first kappa shape index (κ1) is 14.7. The maximum absolute atomic E-state index is 12.0. The highest BCUT2D eigenvalue weighted by Crippen LogP contribution is 2.26. The fraction of sp³-hybridized carbons (Fsp3) is 0.500. The molecule has 1 aliphatic heterocycles. The van der Waals surface area contributed by atoms with Gasteiger partial charge in [0.25, 0.3) is 0 Å². The quantitative estimate of drug-likeness (QED) is 0.872. The predicted molar refractivity (Wildman–Crippen MR) is 83.9 cm³/mol. The Labute approximate surface area is 131 Å². The summed E-state index contributed by atoms with van der Waals surface area (Å²) in [6.07, 6.45) is 4.81. The second-order valence-electron chi connectivity index (χ2n) is 5.05. The molecule has 3 heterocycles. The van der Waals surface area contributed by atoms with Crippen LogP contribution in [-0.4, -0.2) is 28.6 Å². The van der Waals surface area contributed by atoms with E-state index in [9.17, 15) is 4.79 Å². The Morgan fingerprint density at radius 3 is 3.14 bits per heavy atom. The molecule has 0 spiro atoms. The van der Waals surface area contributed by atoms with E-state index in [-0.39, 0.29) is 12.0 Å². The van der Waals surface area contributed by atoms with Crippen molar-refractivity contribution in [2.24, 2.45) is 0 Å². The number of anilines is 1. The van der Waals surface area contributed by atoms with Gasteiger partial charge in [-0.25, -0.2) is 9.97 Å². The highest BCUT2D eigenvalue weighted by Gasteiger charge is 2.16. The third-order valence-electron chi connectivity index (χ3n) is 3.44. The monoisotopic (exact) mass is 325 g/mol. The highest BCUT2D eigenvalue weighted by atomic mass is 35.5. The summed E-state index contributed by atoms with van der Waals surface area (Å²) in [4.78, 5) is 21.2. The van der Waals surface area contributed by atoms with E-state index in [2.05, 4.69) is 15.3 Å². The van der Waals surface area contributed by atoms with Crippen LogP contribution in [0.4, 0.5) is 5.13 Å². The van der Waals surface area contributed by atoms with E-state index in [4.69, 9.17) is 16.3 Å². The number of pyridine rings is 1. The summed E-state index contributed by atoms with van der Waals surface area (Å²) in [5, 5.41) is 3.81. The molecule has 1 fully saturated rings. The van der Waals surface area contributed by atoms with E-state index in [0.29, 0.717) is 16.7 Å². The van der Waals surface area contributed by atoms with Crippen molar-refractivity contribution in [3.8, 4) is 0 Å². The number of thiazole rings is 1. The number of halogens is 1. The zero-order valence-electron chi connectivity index (χ0n) is 11.5. The Kier molecular flexibility index (Phi) is 4.67. The fourth-order valence-electron chi connectivity index (χ4n) is 2.36. The number of nitrogens with zero attached hydrogens (tertiary/aromatic N) is 2. The van der Waals surface area contributed by atoms with Crippen LogP contribution in [0.1, 0.15) is 32.1 Å². The molecule has 0 radical (unpaired) electrons. The van der Waals surface area contributed by atoms with Crippen LogP contribution in [0.5, 0.6) is 0 Å². The minimum Gasteiger partial charge on any atom is -0.378 e. The van der Waals surface area contributed by atoms with Crippen molar-refractivity contribution < 1.29 is 9.53 Å². The first-order valence-electron chi connectivity index (χ1n) is 7.05. The number of fused-ring (bicyclic) bond motifs is 1. The summed E-state index contributed by atoms with van der Waals surface area (Å²) in [5.41, 5.74) is 0.746. The molecule has 0 saturated carbocycles. The summed E-state index contributed by atoms with van der Waals surface area (Å²) in [5.74, 6) is -0.0330. The van der Waals surface area contributed by atoms with E-state index in [1.807, 2.05) is 0 Å². The Morgan fingerprint density at radius 2 is 2.33 bits per heavy atom. The van der Waals surface area contributed by atoms with Crippen molar-refractivity contribution in [3.05, 3.63) is 17.3 Å². The van der Waals surface area contributed by atoms with Crippen molar-refractivity contribution in [1.82, 2.24) is 9.97 Å². The molecule has 1 aliphatic rings. The average Bonchev–Trinajstić information content (AvgIpc) is 2.87. The molecule has 1 saturated heterocycles. The van der Waals surface area contributed by atoms with Crippen LogP contribution < -0.4 is 5.32 Å². The first-order chi connectivity index (χ1) is 10.2. The number of rotatable bonds is 4. The highest BCUT2D eigenvalue weighted by molar-refractivity contribution is 7.22. The summed E-state index contributed by atoms with van der Waals surface area (Å²) < 4.78 is 5.62. The number of hydrogen-bond donors (Lipinski definition) is 1. The number of amides is 1. The molecule has 1 atom stereocenters. The molecule has 1 N–H and O–H groups in total. The second-order valence-corrected chi connectivity index (χ2v) is 6.42. The van der Waals surface area contributed by atoms with Gasteiger partial charge in [0, 0.05) is 13.0 Å². The van der Waals surface area contributed by atoms with Crippen molar-refractivity contribution in [3.63, 3.8) is 0 Å². The number of nitrogens with one attached hydrogen (secondary N) is 1. The zero-order chi connectivity index (χ0) is 14.7. The van der Waals surface area contributed by atoms with Crippen molar-refractivity contribution in [2.45, 2.75) is 38.2 Å². The molecule has 3 rings (SSSR count). The largest absolute Gasteiger partial charge is 0.378 e. The van der Waals surface area contributed by atoms with E-state index >= 15 is 0 Å². The molecule has 0 bridgehead atoms. The lowest BCUT2D eigenvalue weighted by atomic mass is 10.0. The summed E-state index contributed by atoms with van der Waals surface area (Å²) in [7, 11) is 0. The first-order valence-corrected chi connectivity index (χ1v) is 8.25. The van der Waals surface area contributed by atoms with Gasteiger partial charge >= 0.3 is 0 Å². The van der Waals surface area contributed by atoms with Gasteiger partial charge in [-0.1, -0.05) is 22.9 Å². The van der Waals surface area contributed by atoms with Gasteiger partial charge in [0.05, 0.1) is 6.10 Å². The topological polar surface area (TPSA) is 64.1 Å². The molecule has 7 heteroatoms. The smallest absolute Gasteiger partial charge is 0.226 e. The SMILES string of the molecule is O=C(CCC1CCCCO1)Nc1nc2ccc(Cl)nc2s1. The molecule has 2 aromatic heterocycles. The minimum absolute atomic E-state index is 0.0330. The van der Waals surface area contributed by atoms with Gasteiger partial charge in [0.15, 0.2) is 5.13 Å². The molecule has 0 aliphatic carbocycles. The molecule has 21 heavy (non-hydrogen) atoms. The van der Waals surface area contributed by atoms with E-state index in [0.717, 1.165) is 36.2 Å². The molecule has 1 unspecified atom stereocenters. The summed E-state index contributed by atoms with van der Waals surface area (Å²) in [6.45, 7) is 0.816. The molecular formula is C14H16ClN3O2S. The predicted octanol–water partition coefficient (Wildman–Crippen LogP) is 3.63. The average molecular weight is 326 g/mol. The van der Waals surface area contributed by atoms with Gasteiger partial charge in [-0.2, -0.15) is 0 Å². The molecule has 1 amide bonds. The molecule has 112 valence electrons. The number of carbonyl (C=O) groups is 1. The molecular weight excluding hydrogens is 310 g/mol. The second kappa shape index (κ2) is 6.68. The number of hydrogen-bond acceptors (Lipinski definition) is 5. The summed E-state index contributed by atoms with van der Waals surface area (Å²) >= 11 is 7.17. The lowest BCUT2D eigenvalue weighted by molar-refractivity contribution is -0.117. The van der Waals surface area contributed by atoms with Gasteiger partial charge in [-0.15, -0.1) is 0 Å². The minimum atomic E-state index is -0.0330. The fourth-order valence-corrected chi connectivity index (χ4v) is 3.41. The maximum Gasteiger partial charge on any atom is 0.226 e. The molecule has 2 aromatic rings. The van der Waals surface area contributed by atoms with Gasteiger partial charge < -0.3 is 10.1 Å². The van der Waals surface area contributed by atoms with Crippen LogP contribution in [0.15, 0.2) is 12.1 Å². The molecule has 5 nitrogen and oxygen atoms in total. The van der Waals surface area contributed by atoms with E-state index in [1.165, 1.54) is 17.8 Å². The van der Waals surface area contributed by atoms with Crippen LogP contribution in [0, 0.1) is 0 Å². The maximum atomic E-state index is 12.0. The normalized spacial score (nSPS) is 18.8. The lowest BCUT2D eigenvalue weighted by Crippen LogP contribution is -2.21. The standard InChI is InChI=1S/C14H16ClN3O2S/c15-11-6-5-10-13(17-11)21-14(16-10)18-12(19)7-4-9-3-1-2-8-20-9/h5-6,9H,1-4,7-8H2,(H,16,18,19). The van der Waals surface area contributed by atoms with Crippen molar-refractivity contribution in [1.29, 1.82) is 0 Å². The summed E-state index contributed by atoms with van der Waals surface area (Å²) in [6, 6.07) is 3.49. The van der Waals surface area contributed by atoms with Gasteiger partial charge in [0.2, 0.25) is 5.91 Å². The van der Waals surface area contributed by atoms with Crippen molar-refractivity contribution in [2.75, 3.05) is 11.9 Å². The van der Waals surface area contributed by atoms with E-state index in [1.54, 1.807) is 12.1 Å². The van der Waals surface area contributed by atoms with Crippen LogP contribution in [0.2, 0.25) is 5.15 Å². The van der Waals surface area contributed by atoms with Gasteiger partial charge in [-0.05, 0) is 37.8 Å². The lowest BCUT2D eigenvalue weighted by Gasteiger charge is -2.21. The third-order valence-corrected chi connectivity index (χ3v) is 4.53. The number of aromatic nitrogens is 2. The Morgan fingerprint density at radius 1 is 1.43 bits per heavy atom. The Hall–Kier alpha value is -1.24. The number of ether oxygens (including phenoxy) is 1. The Balaban J connectivity index is 1.55. The Bertz CT molecular complexity index is 640. The van der Waals surface area contributed by atoms with Crippen LogP contribution >= 0.6 is 22.9 Å². The van der Waals surface area contributed by atoms with Crippen LogP contribution in [-0.2, 0) is 9.53 Å². The molecule has 0 aromatic carbocycles. The zero-order valence-corrected chi connectivity index (χ0v) is 13.0. The van der Waals surface area contributed by atoms with Crippen molar-refractivity contribution >= 4 is 44.3 Å². The number of carbonyl (C=O) groups excluding carboxylic acids is 1. The van der Waals surface area contributed by atoms with Crippen LogP contribution in [0.25, 0.3) is 10.3 Å². The van der Waals surface area contributed by atoms with Gasteiger partial charge in [-0.3, -0.25) is 4.79 Å².